The van der Waals surface area contributed by atoms with Gasteiger partial charge in [-0.1, -0.05) is 0 Å². The molecule has 166 valence electrons. The van der Waals surface area contributed by atoms with Crippen LogP contribution in [0.3, 0.4) is 0 Å². The van der Waals surface area contributed by atoms with Gasteiger partial charge in [-0.05, 0) is 30.3 Å². The van der Waals surface area contributed by atoms with E-state index < -0.39 is 0 Å². The lowest BCUT2D eigenvalue weighted by molar-refractivity contribution is 0.0362. The molecule has 1 aromatic carbocycles. The van der Waals surface area contributed by atoms with Gasteiger partial charge in [-0.15, -0.1) is 0 Å². The highest BCUT2D eigenvalue weighted by Crippen LogP contribution is 2.21. The van der Waals surface area contributed by atoms with Crippen LogP contribution < -0.4 is 15.2 Å². The number of piperazine rings is 1. The Morgan fingerprint density at radius 2 is 1.65 bits per heavy atom. The largest absolute Gasteiger partial charge is 0.497 e. The highest BCUT2D eigenvalue weighted by Gasteiger charge is 2.23. The molecule has 2 aliphatic rings. The van der Waals surface area contributed by atoms with Gasteiger partial charge in [0.05, 0.1) is 25.9 Å². The Hall–Kier alpha value is -2.84. The molecule has 1 aromatic heterocycles. The molecule has 0 aliphatic carbocycles. The summed E-state index contributed by atoms with van der Waals surface area (Å²) in [6, 6.07) is 11.1. The number of nitrogens with zero attached hydrogens (tertiary/aromatic N) is 4. The Morgan fingerprint density at radius 1 is 0.935 bits per heavy atom. The zero-order valence-corrected chi connectivity index (χ0v) is 18.0. The molecule has 0 saturated carbocycles. The quantitative estimate of drug-likeness (QED) is 0.691. The molecule has 8 nitrogen and oxygen atoms in total. The van der Waals surface area contributed by atoms with Crippen LogP contribution in [0, 0.1) is 0 Å². The molecular formula is C23H30N4O4. The van der Waals surface area contributed by atoms with Crippen LogP contribution in [0.1, 0.15) is 10.4 Å². The summed E-state index contributed by atoms with van der Waals surface area (Å²) >= 11 is 0. The highest BCUT2D eigenvalue weighted by atomic mass is 16.5. The third-order valence-corrected chi connectivity index (χ3v) is 6.00. The van der Waals surface area contributed by atoms with Crippen LogP contribution in [0.5, 0.6) is 5.75 Å². The molecule has 0 N–H and O–H groups in total. The van der Waals surface area contributed by atoms with E-state index in [1.807, 2.05) is 29.2 Å². The fraction of sp³-hybridized carbons (Fsp3) is 0.478. The summed E-state index contributed by atoms with van der Waals surface area (Å²) < 4.78 is 12.2. The zero-order valence-electron chi connectivity index (χ0n) is 18.0. The highest BCUT2D eigenvalue weighted by molar-refractivity contribution is 5.94. The number of morpholine rings is 1. The Labute approximate surface area is 182 Å². The summed E-state index contributed by atoms with van der Waals surface area (Å²) in [6.45, 7) is 7.43. The van der Waals surface area contributed by atoms with Gasteiger partial charge >= 0.3 is 0 Å². The fourth-order valence-corrected chi connectivity index (χ4v) is 4.05. The molecule has 0 atom stereocenters. The molecule has 8 heteroatoms. The molecule has 0 radical (unpaired) electrons. The molecule has 2 aliphatic heterocycles. The fourth-order valence-electron chi connectivity index (χ4n) is 4.05. The molecule has 2 saturated heterocycles. The predicted molar refractivity (Wildman–Crippen MR) is 119 cm³/mol. The van der Waals surface area contributed by atoms with Crippen LogP contribution >= 0.6 is 0 Å². The van der Waals surface area contributed by atoms with E-state index in [1.165, 1.54) is 6.07 Å². The van der Waals surface area contributed by atoms with Crippen molar-refractivity contribution in [3.8, 4) is 5.75 Å². The van der Waals surface area contributed by atoms with Crippen molar-refractivity contribution in [2.75, 3.05) is 71.0 Å². The molecule has 31 heavy (non-hydrogen) atoms. The Balaban J connectivity index is 1.35. The number of hydrogen-bond acceptors (Lipinski definition) is 6. The Morgan fingerprint density at radius 3 is 2.32 bits per heavy atom. The molecule has 0 bridgehead atoms. The summed E-state index contributed by atoms with van der Waals surface area (Å²) in [5.74, 6) is 0.816. The summed E-state index contributed by atoms with van der Waals surface area (Å²) in [7, 11) is 1.66. The normalized spacial score (nSPS) is 17.6. The van der Waals surface area contributed by atoms with Gasteiger partial charge in [0.15, 0.2) is 0 Å². The minimum Gasteiger partial charge on any atom is -0.497 e. The van der Waals surface area contributed by atoms with Crippen LogP contribution in [-0.4, -0.2) is 86.4 Å². The van der Waals surface area contributed by atoms with E-state index in [1.54, 1.807) is 23.9 Å². The van der Waals surface area contributed by atoms with Gasteiger partial charge in [-0.2, -0.15) is 0 Å². The van der Waals surface area contributed by atoms with E-state index in [2.05, 4.69) is 9.80 Å². The number of pyridine rings is 1. The van der Waals surface area contributed by atoms with Gasteiger partial charge in [-0.25, -0.2) is 0 Å². The summed E-state index contributed by atoms with van der Waals surface area (Å²) in [5.41, 5.74) is 1.62. The lowest BCUT2D eigenvalue weighted by Gasteiger charge is -2.36. The van der Waals surface area contributed by atoms with Gasteiger partial charge < -0.3 is 23.8 Å². The molecule has 2 fully saturated rings. The maximum atomic E-state index is 13.0. The van der Waals surface area contributed by atoms with E-state index in [0.717, 1.165) is 57.4 Å². The lowest BCUT2D eigenvalue weighted by Crippen LogP contribution is -2.49. The van der Waals surface area contributed by atoms with Gasteiger partial charge in [-0.3, -0.25) is 14.5 Å². The maximum Gasteiger partial charge on any atom is 0.255 e. The van der Waals surface area contributed by atoms with E-state index >= 15 is 0 Å². The standard InChI is InChI=1S/C23H30N4O4/c1-30-21-5-3-20(4-6-21)25-10-12-26(13-11-25)23(29)19-2-7-22(28)27(18-19)9-8-24-14-16-31-17-15-24/h2-7,18H,8-17H2,1H3. The van der Waals surface area contributed by atoms with Crippen LogP contribution in [0.15, 0.2) is 47.4 Å². The molecule has 1 amide bonds. The average Bonchev–Trinajstić information content (AvgIpc) is 2.84. The number of benzene rings is 1. The summed E-state index contributed by atoms with van der Waals surface area (Å²) in [6.07, 6.45) is 1.71. The number of ether oxygens (including phenoxy) is 2. The number of hydrogen-bond donors (Lipinski definition) is 0. The van der Waals surface area contributed by atoms with Gasteiger partial charge in [0.2, 0.25) is 0 Å². The minimum atomic E-state index is -0.0749. The summed E-state index contributed by atoms with van der Waals surface area (Å²) in [5, 5.41) is 0. The first-order valence-corrected chi connectivity index (χ1v) is 10.8. The van der Waals surface area contributed by atoms with Gasteiger partial charge in [0.1, 0.15) is 5.75 Å². The van der Waals surface area contributed by atoms with Crippen LogP contribution in [0.2, 0.25) is 0 Å². The SMILES string of the molecule is COc1ccc(N2CCN(C(=O)c3ccc(=O)n(CCN4CCOCC4)c3)CC2)cc1. The molecule has 2 aromatic rings. The molecule has 0 spiro atoms. The molecule has 3 heterocycles. The van der Waals surface area contributed by atoms with Crippen LogP contribution in [-0.2, 0) is 11.3 Å². The Bertz CT molecular complexity index is 929. The number of methoxy groups -OCH3 is 1. The third kappa shape index (κ3) is 5.26. The first-order valence-electron chi connectivity index (χ1n) is 10.8. The van der Waals surface area contributed by atoms with Gasteiger partial charge in [0, 0.05) is 70.3 Å². The number of amides is 1. The van der Waals surface area contributed by atoms with E-state index in [0.29, 0.717) is 25.2 Å². The molecule has 0 unspecified atom stereocenters. The zero-order chi connectivity index (χ0) is 21.6. The van der Waals surface area contributed by atoms with Crippen LogP contribution in [0.25, 0.3) is 0 Å². The third-order valence-electron chi connectivity index (χ3n) is 6.00. The monoisotopic (exact) mass is 426 g/mol. The average molecular weight is 427 g/mol. The van der Waals surface area contributed by atoms with E-state index in [9.17, 15) is 9.59 Å². The number of anilines is 1. The van der Waals surface area contributed by atoms with Crippen molar-refractivity contribution >= 4 is 11.6 Å². The van der Waals surface area contributed by atoms with Gasteiger partial charge in [0.25, 0.3) is 11.5 Å². The molecular weight excluding hydrogens is 396 g/mol. The second-order valence-electron chi connectivity index (χ2n) is 7.88. The molecule has 4 rings (SSSR count). The minimum absolute atomic E-state index is 0.0190. The van der Waals surface area contributed by atoms with Crippen molar-refractivity contribution in [3.05, 3.63) is 58.5 Å². The van der Waals surface area contributed by atoms with Crippen LogP contribution in [0.4, 0.5) is 5.69 Å². The first kappa shape index (κ1) is 21.4. The summed E-state index contributed by atoms with van der Waals surface area (Å²) in [4.78, 5) is 31.7. The van der Waals surface area contributed by atoms with Crippen molar-refractivity contribution in [3.63, 3.8) is 0 Å². The topological polar surface area (TPSA) is 67.2 Å². The predicted octanol–water partition coefficient (Wildman–Crippen LogP) is 1.15. The van der Waals surface area contributed by atoms with Crippen molar-refractivity contribution in [1.29, 1.82) is 0 Å². The Kier molecular flexibility index (Phi) is 6.89. The number of carbonyl (C=O) groups is 1. The first-order chi connectivity index (χ1) is 15.1. The maximum absolute atomic E-state index is 13.0. The van der Waals surface area contributed by atoms with E-state index in [4.69, 9.17) is 9.47 Å². The van der Waals surface area contributed by atoms with Crippen molar-refractivity contribution in [1.82, 2.24) is 14.4 Å². The van der Waals surface area contributed by atoms with Crippen molar-refractivity contribution in [2.24, 2.45) is 0 Å². The second kappa shape index (κ2) is 9.98. The lowest BCUT2D eigenvalue weighted by atomic mass is 10.2. The smallest absolute Gasteiger partial charge is 0.255 e. The van der Waals surface area contributed by atoms with E-state index in [-0.39, 0.29) is 11.5 Å². The van der Waals surface area contributed by atoms with Crippen molar-refractivity contribution < 1.29 is 14.3 Å². The number of aromatic nitrogens is 1. The number of rotatable bonds is 6. The number of carbonyl (C=O) groups excluding carboxylic acids is 1. The van der Waals surface area contributed by atoms with Crippen molar-refractivity contribution in [2.45, 2.75) is 6.54 Å². The second-order valence-corrected chi connectivity index (χ2v) is 7.88.